The number of halogens is 1. The third-order valence-electron chi connectivity index (χ3n) is 3.27. The van der Waals surface area contributed by atoms with E-state index in [1.807, 2.05) is 0 Å². The molecule has 2 rings (SSSR count). The molecule has 1 saturated carbocycles. The zero-order chi connectivity index (χ0) is 14.0. The van der Waals surface area contributed by atoms with Crippen LogP contribution in [0.25, 0.3) is 0 Å². The first kappa shape index (κ1) is 13.5. The number of carbonyl (C=O) groups is 2. The molecule has 2 amide bonds. The van der Waals surface area contributed by atoms with E-state index in [1.165, 1.54) is 12.1 Å². The van der Waals surface area contributed by atoms with E-state index in [-0.39, 0.29) is 12.2 Å². The summed E-state index contributed by atoms with van der Waals surface area (Å²) < 4.78 is 12.9. The van der Waals surface area contributed by atoms with Crippen LogP contribution in [-0.4, -0.2) is 17.9 Å². The third kappa shape index (κ3) is 3.08. The van der Waals surface area contributed by atoms with Crippen LogP contribution < -0.4 is 16.8 Å². The monoisotopic (exact) mass is 265 g/mol. The number of primary amides is 1. The highest BCUT2D eigenvalue weighted by Crippen LogP contribution is 2.45. The molecule has 1 aromatic rings. The summed E-state index contributed by atoms with van der Waals surface area (Å²) in [5.41, 5.74) is 10.9. The maximum Gasteiger partial charge on any atom is 0.238 e. The number of nitrogens with one attached hydrogen (secondary N) is 1. The van der Waals surface area contributed by atoms with Crippen LogP contribution in [0.4, 0.5) is 4.39 Å². The van der Waals surface area contributed by atoms with Crippen LogP contribution in [0.3, 0.4) is 0 Å². The number of benzene rings is 1. The number of carbonyl (C=O) groups excluding carboxylic acids is 2. The molecule has 0 saturated heterocycles. The van der Waals surface area contributed by atoms with Gasteiger partial charge in [-0.25, -0.2) is 4.39 Å². The summed E-state index contributed by atoms with van der Waals surface area (Å²) in [5, 5.41) is 2.81. The van der Waals surface area contributed by atoms with E-state index in [1.54, 1.807) is 12.1 Å². The predicted octanol–water partition coefficient (Wildman–Crippen LogP) is 0.134. The minimum absolute atomic E-state index is 0.189. The zero-order valence-electron chi connectivity index (χ0n) is 10.4. The highest BCUT2D eigenvalue weighted by molar-refractivity contribution is 5.88. The summed E-state index contributed by atoms with van der Waals surface area (Å²) in [4.78, 5) is 22.6. The Morgan fingerprint density at radius 1 is 1.32 bits per heavy atom. The van der Waals surface area contributed by atoms with Gasteiger partial charge in [0.25, 0.3) is 0 Å². The molecular weight excluding hydrogens is 249 g/mol. The van der Waals surface area contributed by atoms with Gasteiger partial charge in [0.1, 0.15) is 5.82 Å². The second kappa shape index (κ2) is 4.97. The highest BCUT2D eigenvalue weighted by atomic mass is 19.1. The van der Waals surface area contributed by atoms with E-state index >= 15 is 0 Å². The quantitative estimate of drug-likeness (QED) is 0.706. The average molecular weight is 265 g/mol. The SMILES string of the molecule is NC(=O)C[C@H](N)C(=O)NC1(c2ccc(F)cc2)CC1. The largest absolute Gasteiger partial charge is 0.370 e. The van der Waals surface area contributed by atoms with Gasteiger partial charge in [0.2, 0.25) is 11.8 Å². The molecule has 0 radical (unpaired) electrons. The molecule has 1 fully saturated rings. The standard InChI is InChI=1S/C13H16FN3O2/c14-9-3-1-8(2-4-9)13(5-6-13)17-12(19)10(15)7-11(16)18/h1-4,10H,5-7,15H2,(H2,16,18)(H,17,19)/t10-/m0/s1. The normalized spacial score (nSPS) is 17.6. The van der Waals surface area contributed by atoms with Gasteiger partial charge in [0, 0.05) is 0 Å². The molecule has 1 aliphatic carbocycles. The van der Waals surface area contributed by atoms with Crippen LogP contribution >= 0.6 is 0 Å². The second-order valence-electron chi connectivity index (χ2n) is 4.86. The molecule has 0 aromatic heterocycles. The topological polar surface area (TPSA) is 98.2 Å². The smallest absolute Gasteiger partial charge is 0.238 e. The lowest BCUT2D eigenvalue weighted by Gasteiger charge is -2.20. The molecule has 0 spiro atoms. The van der Waals surface area contributed by atoms with E-state index in [2.05, 4.69) is 5.32 Å². The molecule has 5 N–H and O–H groups in total. The lowest BCUT2D eigenvalue weighted by atomic mass is 10.0. The second-order valence-corrected chi connectivity index (χ2v) is 4.86. The van der Waals surface area contributed by atoms with Crippen molar-refractivity contribution in [3.05, 3.63) is 35.6 Å². The minimum atomic E-state index is -0.949. The fraction of sp³-hybridized carbons (Fsp3) is 0.385. The molecule has 1 aromatic carbocycles. The summed E-state index contributed by atoms with van der Waals surface area (Å²) in [5.74, 6) is -1.36. The maximum atomic E-state index is 12.9. The number of hydrogen-bond acceptors (Lipinski definition) is 3. The summed E-state index contributed by atoms with van der Waals surface area (Å²) >= 11 is 0. The van der Waals surface area contributed by atoms with Crippen molar-refractivity contribution in [1.29, 1.82) is 0 Å². The lowest BCUT2D eigenvalue weighted by molar-refractivity contribution is -0.127. The van der Waals surface area contributed by atoms with Crippen LogP contribution in [0.15, 0.2) is 24.3 Å². The molecule has 1 aliphatic rings. The van der Waals surface area contributed by atoms with Crippen molar-refractivity contribution in [3.63, 3.8) is 0 Å². The average Bonchev–Trinajstić information content (AvgIpc) is 3.09. The maximum absolute atomic E-state index is 12.9. The molecule has 1 atom stereocenters. The summed E-state index contributed by atoms with van der Waals surface area (Å²) in [6.45, 7) is 0. The Hall–Kier alpha value is -1.95. The summed E-state index contributed by atoms with van der Waals surface area (Å²) in [6.07, 6.45) is 1.35. The van der Waals surface area contributed by atoms with Crippen molar-refractivity contribution in [2.45, 2.75) is 30.8 Å². The van der Waals surface area contributed by atoms with Crippen molar-refractivity contribution >= 4 is 11.8 Å². The van der Waals surface area contributed by atoms with Crippen LogP contribution in [0.5, 0.6) is 0 Å². The Kier molecular flexibility index (Phi) is 3.53. The zero-order valence-corrected chi connectivity index (χ0v) is 10.4. The van der Waals surface area contributed by atoms with Crippen molar-refractivity contribution < 1.29 is 14.0 Å². The number of rotatable bonds is 5. The molecule has 102 valence electrons. The first-order valence-corrected chi connectivity index (χ1v) is 6.05. The van der Waals surface area contributed by atoms with Gasteiger partial charge in [0.05, 0.1) is 18.0 Å². The van der Waals surface area contributed by atoms with E-state index < -0.39 is 23.4 Å². The van der Waals surface area contributed by atoms with E-state index in [4.69, 9.17) is 11.5 Å². The van der Waals surface area contributed by atoms with Gasteiger partial charge in [-0.2, -0.15) is 0 Å². The van der Waals surface area contributed by atoms with E-state index in [9.17, 15) is 14.0 Å². The molecule has 6 heteroatoms. The van der Waals surface area contributed by atoms with E-state index in [0.29, 0.717) is 0 Å². The summed E-state index contributed by atoms with van der Waals surface area (Å²) in [6, 6.07) is 5.04. The van der Waals surface area contributed by atoms with Crippen molar-refractivity contribution in [2.75, 3.05) is 0 Å². The van der Waals surface area contributed by atoms with Crippen LogP contribution in [0.2, 0.25) is 0 Å². The molecule has 0 heterocycles. The molecule has 0 aliphatic heterocycles. The van der Waals surface area contributed by atoms with Crippen LogP contribution in [0.1, 0.15) is 24.8 Å². The van der Waals surface area contributed by atoms with Crippen LogP contribution in [0, 0.1) is 5.82 Å². The Morgan fingerprint density at radius 3 is 2.37 bits per heavy atom. The number of hydrogen-bond donors (Lipinski definition) is 3. The van der Waals surface area contributed by atoms with Gasteiger partial charge in [-0.05, 0) is 30.5 Å². The third-order valence-corrected chi connectivity index (χ3v) is 3.27. The minimum Gasteiger partial charge on any atom is -0.370 e. The van der Waals surface area contributed by atoms with Crippen molar-refractivity contribution in [3.8, 4) is 0 Å². The molecule has 5 nitrogen and oxygen atoms in total. The van der Waals surface area contributed by atoms with Crippen molar-refractivity contribution in [2.24, 2.45) is 11.5 Å². The first-order chi connectivity index (χ1) is 8.93. The van der Waals surface area contributed by atoms with Gasteiger partial charge in [-0.15, -0.1) is 0 Å². The first-order valence-electron chi connectivity index (χ1n) is 6.05. The van der Waals surface area contributed by atoms with E-state index in [0.717, 1.165) is 18.4 Å². The van der Waals surface area contributed by atoms with Gasteiger partial charge < -0.3 is 16.8 Å². The highest BCUT2D eigenvalue weighted by Gasteiger charge is 2.46. The number of nitrogens with two attached hydrogens (primary N) is 2. The van der Waals surface area contributed by atoms with Crippen LogP contribution in [-0.2, 0) is 15.1 Å². The van der Waals surface area contributed by atoms with Gasteiger partial charge in [0.15, 0.2) is 0 Å². The van der Waals surface area contributed by atoms with Crippen molar-refractivity contribution in [1.82, 2.24) is 5.32 Å². The van der Waals surface area contributed by atoms with Gasteiger partial charge in [-0.1, -0.05) is 12.1 Å². The lowest BCUT2D eigenvalue weighted by Crippen LogP contribution is -2.47. The fourth-order valence-corrected chi connectivity index (χ4v) is 2.02. The Balaban J connectivity index is 2.04. The van der Waals surface area contributed by atoms with Gasteiger partial charge >= 0.3 is 0 Å². The molecule has 0 unspecified atom stereocenters. The molecule has 0 bridgehead atoms. The molecule has 19 heavy (non-hydrogen) atoms. The Morgan fingerprint density at radius 2 is 1.89 bits per heavy atom. The number of amides is 2. The predicted molar refractivity (Wildman–Crippen MR) is 67.2 cm³/mol. The molecular formula is C13H16FN3O2. The fourth-order valence-electron chi connectivity index (χ4n) is 2.02. The Bertz CT molecular complexity index is 497. The Labute approximate surface area is 110 Å². The van der Waals surface area contributed by atoms with Gasteiger partial charge in [-0.3, -0.25) is 9.59 Å². The summed E-state index contributed by atoms with van der Waals surface area (Å²) in [7, 11) is 0.